The number of halogens is 2. The maximum Gasteiger partial charge on any atom is 0.292 e. The van der Waals surface area contributed by atoms with Crippen molar-refractivity contribution in [2.24, 2.45) is 0 Å². The normalized spacial score (nSPS) is 17.2. The van der Waals surface area contributed by atoms with Gasteiger partial charge in [-0.3, -0.25) is 4.79 Å². The van der Waals surface area contributed by atoms with Crippen LogP contribution in [0, 0.1) is 0 Å². The van der Waals surface area contributed by atoms with E-state index in [4.69, 9.17) is 27.9 Å². The molecule has 1 atom stereocenters. The minimum Gasteiger partial charge on any atom is -0.376 e. The van der Waals surface area contributed by atoms with Gasteiger partial charge in [0.1, 0.15) is 5.02 Å². The van der Waals surface area contributed by atoms with E-state index >= 15 is 0 Å². The lowest BCUT2D eigenvalue weighted by Gasteiger charge is -2.26. The Hall–Kier alpha value is -1.56. The summed E-state index contributed by atoms with van der Waals surface area (Å²) in [7, 11) is 0. The topological polar surface area (TPSA) is 47.4 Å². The van der Waals surface area contributed by atoms with Crippen LogP contribution < -0.4 is 10.5 Å². The van der Waals surface area contributed by atoms with Gasteiger partial charge in [0.25, 0.3) is 5.56 Å². The molecule has 2 aromatic rings. The largest absolute Gasteiger partial charge is 0.376 e. The van der Waals surface area contributed by atoms with Gasteiger partial charge in [0.2, 0.25) is 0 Å². The van der Waals surface area contributed by atoms with Crippen molar-refractivity contribution >= 4 is 28.9 Å². The van der Waals surface area contributed by atoms with E-state index in [0.29, 0.717) is 22.9 Å². The number of ether oxygens (including phenoxy) is 1. The van der Waals surface area contributed by atoms with Crippen LogP contribution >= 0.6 is 23.2 Å². The molecule has 1 fully saturated rings. The van der Waals surface area contributed by atoms with Gasteiger partial charge >= 0.3 is 0 Å². The number of rotatable bonds is 5. The first-order valence-corrected chi connectivity index (χ1v) is 8.76. The Labute approximate surface area is 150 Å². The Morgan fingerprint density at radius 3 is 2.71 bits per heavy atom. The molecule has 1 saturated heterocycles. The number of aromatic nitrogens is 2. The van der Waals surface area contributed by atoms with E-state index in [1.54, 1.807) is 30.5 Å². The van der Waals surface area contributed by atoms with Crippen LogP contribution in [0.5, 0.6) is 0 Å². The van der Waals surface area contributed by atoms with Crippen LogP contribution in [0.4, 0.5) is 5.69 Å². The number of nitrogens with zero attached hydrogens (tertiary/aromatic N) is 3. The summed E-state index contributed by atoms with van der Waals surface area (Å²) in [5.74, 6) is 0. The summed E-state index contributed by atoms with van der Waals surface area (Å²) in [5, 5.41) is 5.04. The van der Waals surface area contributed by atoms with Crippen LogP contribution in [-0.4, -0.2) is 35.6 Å². The van der Waals surface area contributed by atoms with Gasteiger partial charge in [-0.1, -0.05) is 23.2 Å². The van der Waals surface area contributed by atoms with E-state index in [1.807, 2.05) is 11.8 Å². The summed E-state index contributed by atoms with van der Waals surface area (Å²) in [6, 6.07) is 6.89. The monoisotopic (exact) mass is 367 g/mol. The fourth-order valence-corrected chi connectivity index (χ4v) is 3.22. The second-order valence-corrected chi connectivity index (χ2v) is 6.53. The van der Waals surface area contributed by atoms with Gasteiger partial charge in [-0.25, -0.2) is 0 Å². The van der Waals surface area contributed by atoms with E-state index in [9.17, 15) is 4.79 Å². The molecule has 1 aliphatic rings. The Morgan fingerprint density at radius 2 is 2.08 bits per heavy atom. The molecule has 0 aliphatic carbocycles. The predicted molar refractivity (Wildman–Crippen MR) is 96.7 cm³/mol. The Kier molecular flexibility index (Phi) is 5.43. The minimum atomic E-state index is -0.345. The molecule has 1 unspecified atom stereocenters. The van der Waals surface area contributed by atoms with Gasteiger partial charge in [0, 0.05) is 24.7 Å². The van der Waals surface area contributed by atoms with Crippen LogP contribution in [0.3, 0.4) is 0 Å². The maximum atomic E-state index is 12.6. The van der Waals surface area contributed by atoms with Crippen LogP contribution in [-0.2, 0) is 4.74 Å². The summed E-state index contributed by atoms with van der Waals surface area (Å²) in [6.07, 6.45) is 3.92. The molecule has 3 rings (SSSR count). The molecule has 2 heterocycles. The lowest BCUT2D eigenvalue weighted by molar-refractivity contribution is 0.115. The fourth-order valence-electron chi connectivity index (χ4n) is 2.84. The SMILES string of the molecule is CCN(CC1CCCO1)c1cnn(-c2ccc(Cl)cc2)c(=O)c1Cl. The molecule has 5 nitrogen and oxygen atoms in total. The second kappa shape index (κ2) is 7.55. The van der Waals surface area contributed by atoms with Crippen LogP contribution in [0.15, 0.2) is 35.3 Å². The molecule has 1 aliphatic heterocycles. The van der Waals surface area contributed by atoms with Gasteiger partial charge in [-0.05, 0) is 44.0 Å². The first kappa shape index (κ1) is 17.3. The molecule has 1 aromatic carbocycles. The highest BCUT2D eigenvalue weighted by atomic mass is 35.5. The molecule has 1 aromatic heterocycles. The quantitative estimate of drug-likeness (QED) is 0.810. The smallest absolute Gasteiger partial charge is 0.292 e. The average Bonchev–Trinajstić information content (AvgIpc) is 3.10. The van der Waals surface area contributed by atoms with Gasteiger partial charge in [-0.2, -0.15) is 9.78 Å². The van der Waals surface area contributed by atoms with Crippen molar-refractivity contribution in [1.82, 2.24) is 9.78 Å². The standard InChI is InChI=1S/C17H19Cl2N3O2/c1-2-21(11-14-4-3-9-24-14)15-10-20-22(17(23)16(15)19)13-7-5-12(18)6-8-13/h5-8,10,14H,2-4,9,11H2,1H3. The first-order valence-electron chi connectivity index (χ1n) is 8.00. The Bertz CT molecular complexity index is 755. The highest BCUT2D eigenvalue weighted by Crippen LogP contribution is 2.24. The van der Waals surface area contributed by atoms with E-state index in [-0.39, 0.29) is 16.7 Å². The number of benzene rings is 1. The van der Waals surface area contributed by atoms with Crippen LogP contribution in [0.25, 0.3) is 5.69 Å². The molecule has 7 heteroatoms. The third-order valence-electron chi connectivity index (χ3n) is 4.14. The highest BCUT2D eigenvalue weighted by Gasteiger charge is 2.22. The van der Waals surface area contributed by atoms with Crippen molar-refractivity contribution in [3.63, 3.8) is 0 Å². The lowest BCUT2D eigenvalue weighted by atomic mass is 10.2. The Morgan fingerprint density at radius 1 is 1.33 bits per heavy atom. The molecule has 0 radical (unpaired) electrons. The van der Waals surface area contributed by atoms with Gasteiger partial charge < -0.3 is 9.64 Å². The van der Waals surface area contributed by atoms with Crippen LogP contribution in [0.1, 0.15) is 19.8 Å². The molecule has 0 amide bonds. The van der Waals surface area contributed by atoms with E-state index in [2.05, 4.69) is 5.10 Å². The summed E-state index contributed by atoms with van der Waals surface area (Å²) in [6.45, 7) is 4.26. The molecule has 0 bridgehead atoms. The average molecular weight is 368 g/mol. The van der Waals surface area contributed by atoms with E-state index < -0.39 is 0 Å². The third-order valence-corrected chi connectivity index (χ3v) is 4.75. The molecular weight excluding hydrogens is 349 g/mol. The first-order chi connectivity index (χ1) is 11.6. The summed E-state index contributed by atoms with van der Waals surface area (Å²) < 4.78 is 6.96. The van der Waals surface area contributed by atoms with E-state index in [1.165, 1.54) is 4.68 Å². The van der Waals surface area contributed by atoms with Crippen molar-refractivity contribution in [1.29, 1.82) is 0 Å². The lowest BCUT2D eigenvalue weighted by Crippen LogP contribution is -2.34. The fraction of sp³-hybridized carbons (Fsp3) is 0.412. The molecule has 0 N–H and O–H groups in total. The predicted octanol–water partition coefficient (Wildman–Crippen LogP) is 3.54. The number of likely N-dealkylation sites (N-methyl/N-ethyl adjacent to an activating group) is 1. The molecule has 0 spiro atoms. The zero-order chi connectivity index (χ0) is 17.1. The van der Waals surface area contributed by atoms with E-state index in [0.717, 1.165) is 26.0 Å². The summed E-state index contributed by atoms with van der Waals surface area (Å²) >= 11 is 12.2. The second-order valence-electron chi connectivity index (χ2n) is 5.71. The zero-order valence-corrected chi connectivity index (χ0v) is 14.9. The molecule has 128 valence electrons. The van der Waals surface area contributed by atoms with Crippen LogP contribution in [0.2, 0.25) is 10.0 Å². The molecular formula is C17H19Cl2N3O2. The minimum absolute atomic E-state index is 0.166. The van der Waals surface area contributed by atoms with Gasteiger partial charge in [-0.15, -0.1) is 0 Å². The van der Waals surface area contributed by atoms with Gasteiger partial charge in [0.15, 0.2) is 0 Å². The number of hydrogen-bond donors (Lipinski definition) is 0. The molecule has 0 saturated carbocycles. The van der Waals surface area contributed by atoms with Crippen molar-refractivity contribution in [2.75, 3.05) is 24.6 Å². The number of anilines is 1. The van der Waals surface area contributed by atoms with Crippen molar-refractivity contribution in [3.05, 3.63) is 50.9 Å². The van der Waals surface area contributed by atoms with Crippen molar-refractivity contribution < 1.29 is 4.74 Å². The summed E-state index contributed by atoms with van der Waals surface area (Å²) in [5.41, 5.74) is 0.923. The maximum absolute atomic E-state index is 12.6. The van der Waals surface area contributed by atoms with Crippen molar-refractivity contribution in [2.45, 2.75) is 25.9 Å². The van der Waals surface area contributed by atoms with Crippen molar-refractivity contribution in [3.8, 4) is 5.69 Å². The highest BCUT2D eigenvalue weighted by molar-refractivity contribution is 6.33. The molecule has 24 heavy (non-hydrogen) atoms. The Balaban J connectivity index is 1.91. The van der Waals surface area contributed by atoms with Gasteiger partial charge in [0.05, 0.1) is 23.7 Å². The number of hydrogen-bond acceptors (Lipinski definition) is 4. The summed E-state index contributed by atoms with van der Waals surface area (Å²) in [4.78, 5) is 14.7. The third kappa shape index (κ3) is 3.58. The zero-order valence-electron chi connectivity index (χ0n) is 13.4.